The van der Waals surface area contributed by atoms with Crippen molar-refractivity contribution in [1.82, 2.24) is 4.98 Å². The molecular weight excluding hydrogens is 289 g/mol. The molecule has 0 radical (unpaired) electrons. The summed E-state index contributed by atoms with van der Waals surface area (Å²) in [5.74, 6) is -3.37. The van der Waals surface area contributed by atoms with Crippen LogP contribution in [-0.4, -0.2) is 27.1 Å². The van der Waals surface area contributed by atoms with Crippen molar-refractivity contribution in [2.75, 3.05) is 0 Å². The van der Waals surface area contributed by atoms with E-state index in [9.17, 15) is 14.0 Å². The zero-order chi connectivity index (χ0) is 14.9. The molecule has 0 fully saturated rings. The first kappa shape index (κ1) is 14.0. The van der Waals surface area contributed by atoms with Crippen molar-refractivity contribution < 1.29 is 24.2 Å². The van der Waals surface area contributed by atoms with Crippen LogP contribution >= 0.6 is 11.6 Å². The maximum absolute atomic E-state index is 13.4. The molecule has 2 rings (SSSR count). The van der Waals surface area contributed by atoms with E-state index in [0.29, 0.717) is 0 Å². The number of nitrogens with zero attached hydrogens (tertiary/aromatic N) is 1. The summed E-state index contributed by atoms with van der Waals surface area (Å²) in [6.07, 6.45) is 1.16. The molecule has 1 heterocycles. The first-order chi connectivity index (χ1) is 9.38. The molecule has 0 spiro atoms. The van der Waals surface area contributed by atoms with Crippen molar-refractivity contribution in [3.8, 4) is 11.1 Å². The van der Waals surface area contributed by atoms with Gasteiger partial charge in [0, 0.05) is 11.8 Å². The van der Waals surface area contributed by atoms with Gasteiger partial charge in [0.05, 0.1) is 11.1 Å². The second-order valence-electron chi connectivity index (χ2n) is 3.89. The summed E-state index contributed by atoms with van der Waals surface area (Å²) in [5, 5.41) is 18.0. The quantitative estimate of drug-likeness (QED) is 0.850. The number of pyridine rings is 1. The molecule has 0 amide bonds. The molecule has 0 aliphatic heterocycles. The van der Waals surface area contributed by atoms with E-state index in [4.69, 9.17) is 21.8 Å². The van der Waals surface area contributed by atoms with Crippen molar-refractivity contribution in [3.05, 3.63) is 52.6 Å². The Labute approximate surface area is 117 Å². The van der Waals surface area contributed by atoms with Gasteiger partial charge in [-0.1, -0.05) is 11.6 Å². The molecule has 7 heteroatoms. The van der Waals surface area contributed by atoms with Crippen LogP contribution in [0, 0.1) is 5.82 Å². The van der Waals surface area contributed by atoms with Gasteiger partial charge in [-0.3, -0.25) is 0 Å². The molecule has 5 nitrogen and oxygen atoms in total. The zero-order valence-electron chi connectivity index (χ0n) is 9.80. The van der Waals surface area contributed by atoms with Gasteiger partial charge < -0.3 is 10.2 Å². The van der Waals surface area contributed by atoms with Crippen molar-refractivity contribution in [2.24, 2.45) is 0 Å². The fraction of sp³-hybridized carbons (Fsp3) is 0. The molecule has 20 heavy (non-hydrogen) atoms. The summed E-state index contributed by atoms with van der Waals surface area (Å²) in [6.45, 7) is 0. The van der Waals surface area contributed by atoms with E-state index in [1.54, 1.807) is 0 Å². The van der Waals surface area contributed by atoms with Gasteiger partial charge in [0.25, 0.3) is 0 Å². The lowest BCUT2D eigenvalue weighted by Gasteiger charge is -2.07. The Hall–Kier alpha value is -2.47. The van der Waals surface area contributed by atoms with Crippen LogP contribution in [0.4, 0.5) is 4.39 Å². The number of aromatic carboxylic acids is 2. The Bertz CT molecular complexity index is 718. The molecule has 1 aromatic carbocycles. The third-order valence-electron chi connectivity index (χ3n) is 2.56. The molecule has 0 saturated carbocycles. The molecule has 2 aromatic rings. The van der Waals surface area contributed by atoms with Gasteiger partial charge in [-0.15, -0.1) is 0 Å². The standard InChI is InChI=1S/C13H7ClFNO4/c14-11-4-9(13(19)20)10(5-16-11)6-1-7(12(17)18)3-8(15)2-6/h1-5H,(H,17,18)(H,19,20). The lowest BCUT2D eigenvalue weighted by molar-refractivity contribution is 0.0687. The van der Waals surface area contributed by atoms with Crippen molar-refractivity contribution >= 4 is 23.5 Å². The maximum Gasteiger partial charge on any atom is 0.336 e. The third-order valence-corrected chi connectivity index (χ3v) is 2.76. The molecule has 0 aliphatic rings. The molecule has 0 atom stereocenters. The average molecular weight is 296 g/mol. The first-order valence-corrected chi connectivity index (χ1v) is 5.69. The molecule has 102 valence electrons. The first-order valence-electron chi connectivity index (χ1n) is 5.31. The van der Waals surface area contributed by atoms with Crippen molar-refractivity contribution in [2.45, 2.75) is 0 Å². The Kier molecular flexibility index (Phi) is 3.67. The van der Waals surface area contributed by atoms with Crippen LogP contribution in [0.1, 0.15) is 20.7 Å². The van der Waals surface area contributed by atoms with Crippen LogP contribution in [0.5, 0.6) is 0 Å². The highest BCUT2D eigenvalue weighted by Gasteiger charge is 2.16. The Morgan fingerprint density at radius 2 is 1.80 bits per heavy atom. The summed E-state index contributed by atoms with van der Waals surface area (Å²) in [7, 11) is 0. The Morgan fingerprint density at radius 3 is 2.40 bits per heavy atom. The molecule has 1 aromatic heterocycles. The number of carboxylic acids is 2. The van der Waals surface area contributed by atoms with Gasteiger partial charge in [0.1, 0.15) is 11.0 Å². The number of rotatable bonds is 3. The topological polar surface area (TPSA) is 87.5 Å². The Morgan fingerprint density at radius 1 is 1.10 bits per heavy atom. The fourth-order valence-corrected chi connectivity index (χ4v) is 1.86. The number of carboxylic acid groups (broad SMARTS) is 2. The van der Waals surface area contributed by atoms with Crippen LogP contribution in [0.2, 0.25) is 5.15 Å². The van der Waals surface area contributed by atoms with Crippen molar-refractivity contribution in [1.29, 1.82) is 0 Å². The Balaban J connectivity index is 2.68. The fourth-order valence-electron chi connectivity index (χ4n) is 1.71. The molecule has 0 bridgehead atoms. The van der Waals surface area contributed by atoms with Crippen LogP contribution in [0.25, 0.3) is 11.1 Å². The monoisotopic (exact) mass is 295 g/mol. The SMILES string of the molecule is O=C(O)c1cc(F)cc(-c2cnc(Cl)cc2C(=O)O)c1. The molecule has 2 N–H and O–H groups in total. The van der Waals surface area contributed by atoms with E-state index in [1.807, 2.05) is 0 Å². The summed E-state index contributed by atoms with van der Waals surface area (Å²) >= 11 is 5.62. The van der Waals surface area contributed by atoms with E-state index in [-0.39, 0.29) is 27.4 Å². The van der Waals surface area contributed by atoms with Crippen LogP contribution in [0.15, 0.2) is 30.5 Å². The predicted octanol–water partition coefficient (Wildman–Crippen LogP) is 2.94. The normalized spacial score (nSPS) is 10.3. The van der Waals surface area contributed by atoms with E-state index >= 15 is 0 Å². The molecule has 0 aliphatic carbocycles. The van der Waals surface area contributed by atoms with E-state index < -0.39 is 17.8 Å². The van der Waals surface area contributed by atoms with Crippen LogP contribution in [-0.2, 0) is 0 Å². The number of aromatic nitrogens is 1. The van der Waals surface area contributed by atoms with E-state index in [1.165, 1.54) is 6.07 Å². The average Bonchev–Trinajstić information content (AvgIpc) is 2.37. The predicted molar refractivity (Wildman–Crippen MR) is 68.6 cm³/mol. The minimum Gasteiger partial charge on any atom is -0.478 e. The molecule has 0 saturated heterocycles. The van der Waals surface area contributed by atoms with Gasteiger partial charge in [-0.2, -0.15) is 0 Å². The highest BCUT2D eigenvalue weighted by atomic mass is 35.5. The highest BCUT2D eigenvalue weighted by molar-refractivity contribution is 6.29. The minimum absolute atomic E-state index is 0.0268. The van der Waals surface area contributed by atoms with Crippen LogP contribution < -0.4 is 0 Å². The third kappa shape index (κ3) is 2.75. The molecular formula is C13H7ClFNO4. The van der Waals surface area contributed by atoms with Gasteiger partial charge in [0.15, 0.2) is 0 Å². The summed E-state index contributed by atoms with van der Waals surface area (Å²) in [4.78, 5) is 25.8. The zero-order valence-corrected chi connectivity index (χ0v) is 10.6. The van der Waals surface area contributed by atoms with Gasteiger partial charge in [-0.05, 0) is 29.8 Å². The summed E-state index contributed by atoms with van der Waals surface area (Å²) in [5.41, 5.74) is -0.286. The van der Waals surface area contributed by atoms with Gasteiger partial charge in [0.2, 0.25) is 0 Å². The smallest absolute Gasteiger partial charge is 0.336 e. The summed E-state index contributed by atoms with van der Waals surface area (Å²) < 4.78 is 13.4. The second kappa shape index (κ2) is 5.26. The number of hydrogen-bond donors (Lipinski definition) is 2. The van der Waals surface area contributed by atoms with Gasteiger partial charge in [-0.25, -0.2) is 19.0 Å². The maximum atomic E-state index is 13.4. The number of carbonyl (C=O) groups is 2. The second-order valence-corrected chi connectivity index (χ2v) is 4.28. The van der Waals surface area contributed by atoms with Crippen LogP contribution in [0.3, 0.4) is 0 Å². The van der Waals surface area contributed by atoms with Gasteiger partial charge >= 0.3 is 11.9 Å². The van der Waals surface area contributed by atoms with E-state index in [2.05, 4.69) is 4.98 Å². The number of halogens is 2. The number of benzene rings is 1. The largest absolute Gasteiger partial charge is 0.478 e. The van der Waals surface area contributed by atoms with Crippen molar-refractivity contribution in [3.63, 3.8) is 0 Å². The lowest BCUT2D eigenvalue weighted by atomic mass is 10.00. The van der Waals surface area contributed by atoms with E-state index in [0.717, 1.165) is 24.4 Å². The lowest BCUT2D eigenvalue weighted by Crippen LogP contribution is -2.02. The number of hydrogen-bond acceptors (Lipinski definition) is 3. The summed E-state index contributed by atoms with van der Waals surface area (Å²) in [6, 6.07) is 4.16. The minimum atomic E-state index is -1.32. The highest BCUT2D eigenvalue weighted by Crippen LogP contribution is 2.27. The molecule has 0 unspecified atom stereocenters.